The van der Waals surface area contributed by atoms with Gasteiger partial charge in [0.25, 0.3) is 0 Å². The van der Waals surface area contributed by atoms with Crippen LogP contribution in [0.4, 0.5) is 0 Å². The highest BCUT2D eigenvalue weighted by molar-refractivity contribution is 7.13. The number of nitrogens with one attached hydrogen (secondary N) is 1. The predicted molar refractivity (Wildman–Crippen MR) is 40.8 cm³/mol. The van der Waals surface area contributed by atoms with Crippen molar-refractivity contribution >= 4 is 9.39 Å². The largest absolute Gasteiger partial charge is 0.304 e. The molecule has 0 saturated carbocycles. The summed E-state index contributed by atoms with van der Waals surface area (Å²) in [5.74, 6) is 0. The van der Waals surface area contributed by atoms with Crippen LogP contribution in [0.5, 0.6) is 0 Å². The second-order valence-corrected chi connectivity index (χ2v) is 1.77. The smallest absolute Gasteiger partial charge is 0.115 e. The molecule has 1 atom stereocenters. The fourth-order valence-electron chi connectivity index (χ4n) is 0.253. The Bertz CT molecular complexity index is 95.1. The monoisotopic (exact) mass is 143 g/mol. The van der Waals surface area contributed by atoms with E-state index in [-0.39, 0.29) is 0 Å². The second-order valence-electron chi connectivity index (χ2n) is 1.19. The zero-order chi connectivity index (χ0) is 6.95. The van der Waals surface area contributed by atoms with E-state index < -0.39 is 0 Å². The zero-order valence-corrected chi connectivity index (χ0v) is 6.44. The Kier molecular flexibility index (Phi) is 7.03. The third-order valence-electron chi connectivity index (χ3n) is 0.478. The van der Waals surface area contributed by atoms with Crippen molar-refractivity contribution in [1.82, 2.24) is 15.1 Å². The van der Waals surface area contributed by atoms with Gasteiger partial charge >= 0.3 is 0 Å². The van der Waals surface area contributed by atoms with E-state index in [1.54, 1.807) is 18.5 Å². The van der Waals surface area contributed by atoms with Crippen molar-refractivity contribution in [1.29, 1.82) is 0 Å². The summed E-state index contributed by atoms with van der Waals surface area (Å²) < 4.78 is 0. The molecule has 0 fully saturated rings. The first kappa shape index (κ1) is 8.47. The minimum absolute atomic E-state index is 1.50. The molecule has 0 amide bonds. The van der Waals surface area contributed by atoms with Gasteiger partial charge in [-0.05, 0) is 13.1 Å². The molecule has 50 valence electrons. The summed E-state index contributed by atoms with van der Waals surface area (Å²) in [6.07, 6.45) is 4.88. The Balaban J connectivity index is 0.000000187. The van der Waals surface area contributed by atoms with Crippen LogP contribution in [0, 0.1) is 0 Å². The van der Waals surface area contributed by atoms with E-state index in [1.165, 1.54) is 6.33 Å². The van der Waals surface area contributed by atoms with Crippen molar-refractivity contribution < 1.29 is 0 Å². The van der Waals surface area contributed by atoms with Gasteiger partial charge in [-0.25, -0.2) is 9.97 Å². The SMILES string of the molecule is CNP.c1cncnc1. The summed E-state index contributed by atoms with van der Waals surface area (Å²) in [6.45, 7) is 0. The summed E-state index contributed by atoms with van der Waals surface area (Å²) >= 11 is 0. The van der Waals surface area contributed by atoms with Crippen LogP contribution in [0.2, 0.25) is 0 Å². The molecular weight excluding hydrogens is 133 g/mol. The molecule has 0 aliphatic rings. The number of hydrogen-bond donors (Lipinski definition) is 1. The second kappa shape index (κ2) is 7.47. The van der Waals surface area contributed by atoms with Crippen LogP contribution in [0.15, 0.2) is 24.8 Å². The van der Waals surface area contributed by atoms with Gasteiger partial charge in [0.15, 0.2) is 0 Å². The lowest BCUT2D eigenvalue weighted by Gasteiger charge is -1.70. The van der Waals surface area contributed by atoms with Gasteiger partial charge in [-0.2, -0.15) is 0 Å². The van der Waals surface area contributed by atoms with Gasteiger partial charge in [0.1, 0.15) is 6.33 Å². The molecule has 3 nitrogen and oxygen atoms in total. The maximum absolute atomic E-state index is 3.67. The minimum Gasteiger partial charge on any atom is -0.304 e. The van der Waals surface area contributed by atoms with Gasteiger partial charge in [0.05, 0.1) is 0 Å². The summed E-state index contributed by atoms with van der Waals surface area (Å²) in [6, 6.07) is 1.78. The molecule has 1 aromatic heterocycles. The van der Waals surface area contributed by atoms with Crippen molar-refractivity contribution in [3.8, 4) is 0 Å². The first-order valence-corrected chi connectivity index (χ1v) is 3.07. The van der Waals surface area contributed by atoms with Gasteiger partial charge in [-0.15, -0.1) is 0 Å². The Morgan fingerprint density at radius 1 is 1.33 bits per heavy atom. The van der Waals surface area contributed by atoms with Crippen LogP contribution in [0.3, 0.4) is 0 Å². The standard InChI is InChI=1S/C4H4N2.CH6NP/c1-2-5-4-6-3-1;1-2-3/h1-4H;2H,3H2,1H3. The van der Waals surface area contributed by atoms with E-state index >= 15 is 0 Å². The Hall–Kier alpha value is -0.530. The lowest BCUT2D eigenvalue weighted by atomic mass is 10.7. The fraction of sp³-hybridized carbons (Fsp3) is 0.200. The summed E-state index contributed by atoms with van der Waals surface area (Å²) in [5.41, 5.74) is 0. The normalized spacial score (nSPS) is 7.33. The lowest BCUT2D eigenvalue weighted by molar-refractivity contribution is 1.17. The molecule has 4 heteroatoms. The summed E-state index contributed by atoms with van der Waals surface area (Å²) in [4.78, 5) is 7.35. The van der Waals surface area contributed by atoms with Crippen LogP contribution < -0.4 is 5.09 Å². The highest BCUT2D eigenvalue weighted by Crippen LogP contribution is 1.66. The first-order chi connectivity index (χ1) is 4.41. The number of rotatable bonds is 0. The highest BCUT2D eigenvalue weighted by atomic mass is 31.0. The van der Waals surface area contributed by atoms with E-state index in [2.05, 4.69) is 24.4 Å². The number of aromatic nitrogens is 2. The molecule has 0 radical (unpaired) electrons. The molecule has 0 spiro atoms. The molecule has 0 aromatic carbocycles. The lowest BCUT2D eigenvalue weighted by Crippen LogP contribution is -1.74. The van der Waals surface area contributed by atoms with E-state index in [1.807, 2.05) is 7.05 Å². The van der Waals surface area contributed by atoms with Crippen LogP contribution in [0.25, 0.3) is 0 Å². The molecule has 0 aliphatic carbocycles. The van der Waals surface area contributed by atoms with Crippen molar-refractivity contribution in [2.45, 2.75) is 0 Å². The third-order valence-corrected chi connectivity index (χ3v) is 0.478. The van der Waals surface area contributed by atoms with E-state index in [0.717, 1.165) is 0 Å². The Morgan fingerprint density at radius 3 is 1.89 bits per heavy atom. The molecule has 1 aromatic rings. The molecular formula is C5H10N3P. The quantitative estimate of drug-likeness (QED) is 0.536. The molecule has 1 N–H and O–H groups in total. The molecule has 1 unspecified atom stereocenters. The third kappa shape index (κ3) is 7.47. The van der Waals surface area contributed by atoms with Gasteiger partial charge in [-0.1, -0.05) is 9.39 Å². The van der Waals surface area contributed by atoms with Crippen LogP contribution in [-0.2, 0) is 0 Å². The van der Waals surface area contributed by atoms with Crippen molar-refractivity contribution in [3.63, 3.8) is 0 Å². The maximum atomic E-state index is 3.67. The summed E-state index contributed by atoms with van der Waals surface area (Å²) in [5, 5.41) is 2.67. The summed E-state index contributed by atoms with van der Waals surface area (Å²) in [7, 11) is 4.17. The van der Waals surface area contributed by atoms with Gasteiger partial charge in [0.2, 0.25) is 0 Å². The Morgan fingerprint density at radius 2 is 1.78 bits per heavy atom. The molecule has 0 bridgehead atoms. The molecule has 9 heavy (non-hydrogen) atoms. The fourth-order valence-corrected chi connectivity index (χ4v) is 0.253. The first-order valence-electron chi connectivity index (χ1n) is 2.49. The topological polar surface area (TPSA) is 37.8 Å². The van der Waals surface area contributed by atoms with Crippen molar-refractivity contribution in [2.75, 3.05) is 7.05 Å². The molecule has 1 rings (SSSR count). The number of nitrogens with zero attached hydrogens (tertiary/aromatic N) is 2. The molecule has 0 saturated heterocycles. The van der Waals surface area contributed by atoms with Gasteiger partial charge < -0.3 is 5.09 Å². The predicted octanol–water partition coefficient (Wildman–Crippen LogP) is 0.472. The van der Waals surface area contributed by atoms with Crippen LogP contribution in [-0.4, -0.2) is 17.0 Å². The highest BCUT2D eigenvalue weighted by Gasteiger charge is 1.59. The van der Waals surface area contributed by atoms with E-state index in [9.17, 15) is 0 Å². The minimum atomic E-state index is 1.50. The Labute approximate surface area is 57.2 Å². The van der Waals surface area contributed by atoms with Gasteiger partial charge in [0, 0.05) is 12.4 Å². The van der Waals surface area contributed by atoms with Crippen molar-refractivity contribution in [2.24, 2.45) is 0 Å². The molecule has 1 heterocycles. The van der Waals surface area contributed by atoms with E-state index in [0.29, 0.717) is 0 Å². The van der Waals surface area contributed by atoms with Crippen LogP contribution in [0.1, 0.15) is 0 Å². The number of hydrogen-bond acceptors (Lipinski definition) is 3. The average Bonchev–Trinajstić information content (AvgIpc) is 1.93. The average molecular weight is 143 g/mol. The zero-order valence-electron chi connectivity index (χ0n) is 5.28. The maximum Gasteiger partial charge on any atom is 0.115 e. The van der Waals surface area contributed by atoms with E-state index in [4.69, 9.17) is 0 Å². The van der Waals surface area contributed by atoms with Crippen molar-refractivity contribution in [3.05, 3.63) is 24.8 Å². The van der Waals surface area contributed by atoms with Gasteiger partial charge in [-0.3, -0.25) is 0 Å². The van der Waals surface area contributed by atoms with Crippen LogP contribution >= 0.6 is 9.39 Å². The molecule has 0 aliphatic heterocycles.